The van der Waals surface area contributed by atoms with Crippen LogP contribution >= 0.6 is 0 Å². The van der Waals surface area contributed by atoms with Crippen molar-refractivity contribution < 1.29 is 9.90 Å². The van der Waals surface area contributed by atoms with E-state index >= 15 is 0 Å². The average molecular weight is 234 g/mol. The Morgan fingerprint density at radius 3 is 2.71 bits per heavy atom. The number of phenols is 1. The van der Waals surface area contributed by atoms with Gasteiger partial charge in [0.05, 0.1) is 0 Å². The lowest BCUT2D eigenvalue weighted by Gasteiger charge is -2.14. The van der Waals surface area contributed by atoms with E-state index in [4.69, 9.17) is 5.11 Å². The second kappa shape index (κ2) is 6.58. The van der Waals surface area contributed by atoms with Gasteiger partial charge in [0.25, 0.3) is 0 Å². The maximum atomic E-state index is 11.3. The third-order valence-electron chi connectivity index (χ3n) is 2.26. The van der Waals surface area contributed by atoms with Crippen molar-refractivity contribution in [1.29, 1.82) is 0 Å². The maximum absolute atomic E-state index is 11.3. The van der Waals surface area contributed by atoms with E-state index in [-0.39, 0.29) is 17.8 Å². The number of phenolic OH excluding ortho intramolecular Hbond substituents is 1. The maximum Gasteiger partial charge on any atom is 0.315 e. The molecule has 0 aromatic heterocycles. The zero-order valence-electron chi connectivity index (χ0n) is 9.94. The number of hydrogen-bond donors (Lipinski definition) is 3. The van der Waals surface area contributed by atoms with Crippen LogP contribution in [-0.4, -0.2) is 23.7 Å². The van der Waals surface area contributed by atoms with Crippen molar-refractivity contribution in [2.24, 2.45) is 0 Å². The zero-order valence-corrected chi connectivity index (χ0v) is 9.94. The number of aromatic hydroxyl groups is 1. The number of carbonyl (C=O) groups excluding carboxylic acids is 1. The van der Waals surface area contributed by atoms with Gasteiger partial charge in [0.15, 0.2) is 0 Å². The molecule has 2 amide bonds. The Kier molecular flexibility index (Phi) is 5.07. The predicted molar refractivity (Wildman–Crippen MR) is 68.0 cm³/mol. The summed E-state index contributed by atoms with van der Waals surface area (Å²) in [5, 5.41) is 14.6. The Labute approximate surface area is 101 Å². The van der Waals surface area contributed by atoms with Gasteiger partial charge in [0, 0.05) is 12.6 Å². The van der Waals surface area contributed by atoms with E-state index in [0.29, 0.717) is 6.54 Å². The molecular weight excluding hydrogens is 216 g/mol. The van der Waals surface area contributed by atoms with E-state index < -0.39 is 0 Å². The Hall–Kier alpha value is -1.97. The van der Waals surface area contributed by atoms with Crippen LogP contribution in [0.5, 0.6) is 5.75 Å². The van der Waals surface area contributed by atoms with E-state index in [9.17, 15) is 4.79 Å². The van der Waals surface area contributed by atoms with Crippen LogP contribution in [-0.2, 0) is 6.42 Å². The summed E-state index contributed by atoms with van der Waals surface area (Å²) in [7, 11) is 0. The average Bonchev–Trinajstić information content (AvgIpc) is 2.29. The summed E-state index contributed by atoms with van der Waals surface area (Å²) in [6, 6.07) is 6.80. The summed E-state index contributed by atoms with van der Waals surface area (Å²) < 4.78 is 0. The minimum Gasteiger partial charge on any atom is -0.508 e. The lowest BCUT2D eigenvalue weighted by molar-refractivity contribution is 0.239. The van der Waals surface area contributed by atoms with Crippen LogP contribution in [0.2, 0.25) is 0 Å². The highest BCUT2D eigenvalue weighted by molar-refractivity contribution is 5.74. The van der Waals surface area contributed by atoms with E-state index in [1.54, 1.807) is 18.2 Å². The van der Waals surface area contributed by atoms with Gasteiger partial charge in [-0.2, -0.15) is 0 Å². The molecule has 0 heterocycles. The molecule has 3 N–H and O–H groups in total. The topological polar surface area (TPSA) is 61.4 Å². The number of carbonyl (C=O) groups is 1. The van der Waals surface area contributed by atoms with Gasteiger partial charge < -0.3 is 15.7 Å². The molecule has 4 nitrogen and oxygen atoms in total. The Morgan fingerprint density at radius 2 is 2.12 bits per heavy atom. The van der Waals surface area contributed by atoms with Gasteiger partial charge in [-0.1, -0.05) is 18.2 Å². The number of rotatable bonds is 5. The van der Waals surface area contributed by atoms with E-state index in [2.05, 4.69) is 17.2 Å². The number of urea groups is 1. The molecule has 0 unspecified atom stereocenters. The van der Waals surface area contributed by atoms with Crippen molar-refractivity contribution in [3.63, 3.8) is 0 Å². The molecule has 0 bridgehead atoms. The Balaban J connectivity index is 2.38. The van der Waals surface area contributed by atoms with Gasteiger partial charge in [-0.25, -0.2) is 4.79 Å². The molecule has 0 aliphatic rings. The number of amides is 2. The first-order valence-corrected chi connectivity index (χ1v) is 5.55. The minimum atomic E-state index is -0.198. The number of hydrogen-bond acceptors (Lipinski definition) is 2. The quantitative estimate of drug-likeness (QED) is 0.680. The van der Waals surface area contributed by atoms with Crippen LogP contribution in [0.1, 0.15) is 12.5 Å². The van der Waals surface area contributed by atoms with Crippen molar-refractivity contribution in [3.05, 3.63) is 42.5 Å². The van der Waals surface area contributed by atoms with Gasteiger partial charge in [-0.05, 0) is 31.0 Å². The summed E-state index contributed by atoms with van der Waals surface area (Å²) in [4.78, 5) is 11.3. The Bertz CT molecular complexity index is 374. The van der Waals surface area contributed by atoms with Crippen molar-refractivity contribution in [2.45, 2.75) is 19.4 Å². The summed E-state index contributed by atoms with van der Waals surface area (Å²) in [5.41, 5.74) is 1.07. The highest BCUT2D eigenvalue weighted by Crippen LogP contribution is 2.11. The van der Waals surface area contributed by atoms with Crippen LogP contribution in [0.4, 0.5) is 4.79 Å². The van der Waals surface area contributed by atoms with Crippen molar-refractivity contribution in [1.82, 2.24) is 10.6 Å². The van der Waals surface area contributed by atoms with Gasteiger partial charge in [0.1, 0.15) is 5.75 Å². The van der Waals surface area contributed by atoms with Crippen LogP contribution in [0.15, 0.2) is 36.9 Å². The summed E-state index contributed by atoms with van der Waals surface area (Å²) in [6.45, 7) is 5.91. The molecule has 17 heavy (non-hydrogen) atoms. The SMILES string of the molecule is C=CCNC(=O)N[C@H](C)Cc1ccc(O)cc1. The van der Waals surface area contributed by atoms with E-state index in [1.165, 1.54) is 0 Å². The highest BCUT2D eigenvalue weighted by Gasteiger charge is 2.06. The van der Waals surface area contributed by atoms with Crippen LogP contribution in [0.3, 0.4) is 0 Å². The second-order valence-electron chi connectivity index (χ2n) is 3.91. The van der Waals surface area contributed by atoms with Gasteiger partial charge in [-0.15, -0.1) is 6.58 Å². The van der Waals surface area contributed by atoms with Crippen molar-refractivity contribution >= 4 is 6.03 Å². The number of nitrogens with one attached hydrogen (secondary N) is 2. The molecule has 0 saturated heterocycles. The lowest BCUT2D eigenvalue weighted by Crippen LogP contribution is -2.41. The van der Waals surface area contributed by atoms with Crippen molar-refractivity contribution in [2.75, 3.05) is 6.54 Å². The molecule has 0 aliphatic carbocycles. The fourth-order valence-corrected chi connectivity index (χ4v) is 1.48. The molecule has 1 atom stereocenters. The molecule has 4 heteroatoms. The summed E-state index contributed by atoms with van der Waals surface area (Å²) in [6.07, 6.45) is 2.35. The highest BCUT2D eigenvalue weighted by atomic mass is 16.3. The minimum absolute atomic E-state index is 0.0318. The smallest absolute Gasteiger partial charge is 0.315 e. The molecular formula is C13H18N2O2. The normalized spacial score (nSPS) is 11.6. The largest absolute Gasteiger partial charge is 0.508 e. The first-order valence-electron chi connectivity index (χ1n) is 5.55. The first kappa shape index (κ1) is 13.1. The molecule has 0 spiro atoms. The van der Waals surface area contributed by atoms with Crippen molar-refractivity contribution in [3.8, 4) is 5.75 Å². The van der Waals surface area contributed by atoms with E-state index in [0.717, 1.165) is 12.0 Å². The third-order valence-corrected chi connectivity index (χ3v) is 2.26. The standard InChI is InChI=1S/C13H18N2O2/c1-3-8-14-13(17)15-10(2)9-11-4-6-12(16)7-5-11/h3-7,10,16H,1,8-9H2,2H3,(H2,14,15,17)/t10-/m1/s1. The first-order chi connectivity index (χ1) is 8.11. The molecule has 1 aromatic carbocycles. The fourth-order valence-electron chi connectivity index (χ4n) is 1.48. The number of benzene rings is 1. The summed E-state index contributed by atoms with van der Waals surface area (Å²) >= 11 is 0. The van der Waals surface area contributed by atoms with Crippen LogP contribution in [0.25, 0.3) is 0 Å². The molecule has 0 fully saturated rings. The van der Waals surface area contributed by atoms with Crippen LogP contribution < -0.4 is 10.6 Å². The molecule has 0 saturated carbocycles. The predicted octanol–water partition coefficient (Wildman–Crippen LogP) is 1.81. The monoisotopic (exact) mass is 234 g/mol. The van der Waals surface area contributed by atoms with Gasteiger partial charge >= 0.3 is 6.03 Å². The Morgan fingerprint density at radius 1 is 1.47 bits per heavy atom. The molecule has 0 aliphatic heterocycles. The third kappa shape index (κ3) is 5.06. The van der Waals surface area contributed by atoms with Gasteiger partial charge in [-0.3, -0.25) is 0 Å². The zero-order chi connectivity index (χ0) is 12.7. The fraction of sp³-hybridized carbons (Fsp3) is 0.308. The van der Waals surface area contributed by atoms with Crippen LogP contribution in [0, 0.1) is 0 Å². The molecule has 0 radical (unpaired) electrons. The molecule has 92 valence electrons. The second-order valence-corrected chi connectivity index (χ2v) is 3.91. The molecule has 1 rings (SSSR count). The molecule has 1 aromatic rings. The lowest BCUT2D eigenvalue weighted by atomic mass is 10.1. The summed E-state index contributed by atoms with van der Waals surface area (Å²) in [5.74, 6) is 0.248. The van der Waals surface area contributed by atoms with Gasteiger partial charge in [0.2, 0.25) is 0 Å². The van der Waals surface area contributed by atoms with E-state index in [1.807, 2.05) is 19.1 Å².